The summed E-state index contributed by atoms with van der Waals surface area (Å²) in [6.45, 7) is 2.17. The lowest BCUT2D eigenvalue weighted by molar-refractivity contribution is 0.0655. The van der Waals surface area contributed by atoms with Crippen LogP contribution in [0.25, 0.3) is 0 Å². The van der Waals surface area contributed by atoms with Gasteiger partial charge in [-0.2, -0.15) is 0 Å². The van der Waals surface area contributed by atoms with Crippen LogP contribution in [0, 0.1) is 0 Å². The van der Waals surface area contributed by atoms with Gasteiger partial charge >= 0.3 is 0 Å². The molecule has 1 aliphatic carbocycles. The summed E-state index contributed by atoms with van der Waals surface area (Å²) in [5, 5.41) is 0. The Morgan fingerprint density at radius 3 is 2.39 bits per heavy atom. The zero-order chi connectivity index (χ0) is 16.1. The Hall–Kier alpha value is -1.80. The van der Waals surface area contributed by atoms with Gasteiger partial charge in [-0.15, -0.1) is 0 Å². The second-order valence-corrected chi connectivity index (χ2v) is 6.75. The average Bonchev–Trinajstić information content (AvgIpc) is 2.60. The first-order chi connectivity index (χ1) is 11.2. The average molecular weight is 309 g/mol. The van der Waals surface area contributed by atoms with E-state index in [9.17, 15) is 0 Å². The van der Waals surface area contributed by atoms with Gasteiger partial charge in [0.1, 0.15) is 11.9 Å². The topological polar surface area (TPSA) is 35.2 Å². The molecule has 0 saturated heterocycles. The fourth-order valence-corrected chi connectivity index (χ4v) is 3.49. The van der Waals surface area contributed by atoms with Crippen molar-refractivity contribution in [1.29, 1.82) is 0 Å². The minimum absolute atomic E-state index is 0.140. The van der Waals surface area contributed by atoms with Crippen molar-refractivity contribution in [2.45, 2.75) is 57.1 Å². The van der Waals surface area contributed by atoms with Gasteiger partial charge in [-0.3, -0.25) is 0 Å². The predicted molar refractivity (Wildman–Crippen MR) is 95.8 cm³/mol. The standard InChI is InChI=1S/C21H27NO/c1-2-21(22)15-7-6-10-20(21)23-19-13-11-18(12-14-19)16-17-8-4-3-5-9-17/h3-5,8-9,11-14,20H,2,6-7,10,15-16,22H2,1H3. The Labute approximate surface area is 139 Å². The summed E-state index contributed by atoms with van der Waals surface area (Å²) in [6.07, 6.45) is 6.65. The van der Waals surface area contributed by atoms with E-state index in [0.29, 0.717) is 0 Å². The molecule has 2 aromatic carbocycles. The highest BCUT2D eigenvalue weighted by Crippen LogP contribution is 2.32. The lowest BCUT2D eigenvalue weighted by Crippen LogP contribution is -2.54. The van der Waals surface area contributed by atoms with Crippen LogP contribution in [0.5, 0.6) is 5.75 Å². The first-order valence-corrected chi connectivity index (χ1v) is 8.78. The van der Waals surface area contributed by atoms with E-state index < -0.39 is 0 Å². The Morgan fingerprint density at radius 1 is 1.00 bits per heavy atom. The van der Waals surface area contributed by atoms with E-state index in [2.05, 4.69) is 61.5 Å². The lowest BCUT2D eigenvalue weighted by Gasteiger charge is -2.40. The van der Waals surface area contributed by atoms with Crippen LogP contribution in [-0.4, -0.2) is 11.6 Å². The molecular weight excluding hydrogens is 282 g/mol. The SMILES string of the molecule is CCC1(N)CCCCC1Oc1ccc(Cc2ccccc2)cc1. The summed E-state index contributed by atoms with van der Waals surface area (Å²) in [5.74, 6) is 0.942. The molecule has 1 aliphatic rings. The van der Waals surface area contributed by atoms with Crippen molar-refractivity contribution in [3.8, 4) is 5.75 Å². The summed E-state index contributed by atoms with van der Waals surface area (Å²) in [5.41, 5.74) is 9.03. The first-order valence-electron chi connectivity index (χ1n) is 8.78. The van der Waals surface area contributed by atoms with Crippen LogP contribution in [0.15, 0.2) is 54.6 Å². The molecule has 0 aromatic heterocycles. The molecule has 0 bridgehead atoms. The predicted octanol–water partition coefficient (Wildman–Crippen LogP) is 4.71. The molecule has 2 nitrogen and oxygen atoms in total. The fourth-order valence-electron chi connectivity index (χ4n) is 3.49. The zero-order valence-corrected chi connectivity index (χ0v) is 14.0. The quantitative estimate of drug-likeness (QED) is 0.868. The molecule has 0 aliphatic heterocycles. The molecule has 1 fully saturated rings. The highest BCUT2D eigenvalue weighted by atomic mass is 16.5. The highest BCUT2D eigenvalue weighted by Gasteiger charge is 2.37. The number of hydrogen-bond acceptors (Lipinski definition) is 2. The molecule has 2 atom stereocenters. The van der Waals surface area contributed by atoms with E-state index in [1.165, 1.54) is 24.0 Å². The maximum atomic E-state index is 6.56. The van der Waals surface area contributed by atoms with Gasteiger partial charge in [-0.1, -0.05) is 55.8 Å². The summed E-state index contributed by atoms with van der Waals surface area (Å²) in [7, 11) is 0. The van der Waals surface area contributed by atoms with Gasteiger partial charge in [-0.05, 0) is 55.4 Å². The van der Waals surface area contributed by atoms with E-state index in [4.69, 9.17) is 10.5 Å². The van der Waals surface area contributed by atoms with E-state index in [-0.39, 0.29) is 11.6 Å². The van der Waals surface area contributed by atoms with Crippen LogP contribution < -0.4 is 10.5 Å². The molecule has 2 unspecified atom stereocenters. The largest absolute Gasteiger partial charge is 0.489 e. The molecule has 122 valence electrons. The second kappa shape index (κ2) is 7.18. The van der Waals surface area contributed by atoms with Crippen LogP contribution in [0.1, 0.15) is 50.2 Å². The van der Waals surface area contributed by atoms with Gasteiger partial charge in [0.05, 0.1) is 5.54 Å². The third-order valence-electron chi connectivity index (χ3n) is 5.11. The van der Waals surface area contributed by atoms with E-state index in [1.54, 1.807) is 0 Å². The fraction of sp³-hybridized carbons (Fsp3) is 0.429. The molecule has 2 heteroatoms. The number of ether oxygens (including phenoxy) is 1. The molecule has 2 N–H and O–H groups in total. The van der Waals surface area contributed by atoms with Crippen LogP contribution in [0.2, 0.25) is 0 Å². The number of rotatable bonds is 5. The monoisotopic (exact) mass is 309 g/mol. The van der Waals surface area contributed by atoms with E-state index in [0.717, 1.165) is 31.4 Å². The molecule has 0 radical (unpaired) electrons. The molecule has 0 spiro atoms. The normalized spacial score (nSPS) is 24.3. The summed E-state index contributed by atoms with van der Waals surface area (Å²) >= 11 is 0. The van der Waals surface area contributed by atoms with Gasteiger partial charge in [0.15, 0.2) is 0 Å². The summed E-state index contributed by atoms with van der Waals surface area (Å²) < 4.78 is 6.24. The molecule has 23 heavy (non-hydrogen) atoms. The van der Waals surface area contributed by atoms with Crippen LogP contribution in [0.4, 0.5) is 0 Å². The lowest BCUT2D eigenvalue weighted by atomic mass is 9.78. The van der Waals surface area contributed by atoms with Gasteiger partial charge in [-0.25, -0.2) is 0 Å². The van der Waals surface area contributed by atoms with Crippen molar-refractivity contribution in [1.82, 2.24) is 0 Å². The summed E-state index contributed by atoms with van der Waals surface area (Å²) in [4.78, 5) is 0. The van der Waals surface area contributed by atoms with E-state index >= 15 is 0 Å². The Balaban J connectivity index is 1.65. The first kappa shape index (κ1) is 16.1. The smallest absolute Gasteiger partial charge is 0.119 e. The third kappa shape index (κ3) is 3.94. The van der Waals surface area contributed by atoms with Crippen LogP contribution in [-0.2, 0) is 6.42 Å². The maximum Gasteiger partial charge on any atom is 0.119 e. The van der Waals surface area contributed by atoms with Crippen molar-refractivity contribution in [3.05, 3.63) is 65.7 Å². The number of hydrogen-bond donors (Lipinski definition) is 1. The third-order valence-corrected chi connectivity index (χ3v) is 5.11. The Kier molecular flexibility index (Phi) is 5.02. The van der Waals surface area contributed by atoms with Gasteiger partial charge in [0.2, 0.25) is 0 Å². The van der Waals surface area contributed by atoms with Crippen molar-refractivity contribution in [2.24, 2.45) is 5.73 Å². The Morgan fingerprint density at radius 2 is 1.70 bits per heavy atom. The van der Waals surface area contributed by atoms with Gasteiger partial charge in [0, 0.05) is 0 Å². The molecule has 1 saturated carbocycles. The molecule has 3 rings (SSSR count). The van der Waals surface area contributed by atoms with Crippen molar-refractivity contribution < 1.29 is 4.74 Å². The molecule has 0 heterocycles. The van der Waals surface area contributed by atoms with Crippen LogP contribution in [0.3, 0.4) is 0 Å². The Bertz CT molecular complexity index is 607. The zero-order valence-electron chi connectivity index (χ0n) is 14.0. The maximum absolute atomic E-state index is 6.56. The minimum Gasteiger partial charge on any atom is -0.489 e. The summed E-state index contributed by atoms with van der Waals surface area (Å²) in [6, 6.07) is 19.0. The molecular formula is C21H27NO. The number of nitrogens with two attached hydrogens (primary N) is 1. The molecule has 2 aromatic rings. The van der Waals surface area contributed by atoms with Crippen molar-refractivity contribution in [3.63, 3.8) is 0 Å². The highest BCUT2D eigenvalue weighted by molar-refractivity contribution is 5.31. The second-order valence-electron chi connectivity index (χ2n) is 6.75. The van der Waals surface area contributed by atoms with E-state index in [1.807, 2.05) is 0 Å². The van der Waals surface area contributed by atoms with Gasteiger partial charge in [0.25, 0.3) is 0 Å². The minimum atomic E-state index is -0.166. The number of benzene rings is 2. The van der Waals surface area contributed by atoms with Crippen molar-refractivity contribution >= 4 is 0 Å². The van der Waals surface area contributed by atoms with Gasteiger partial charge < -0.3 is 10.5 Å². The van der Waals surface area contributed by atoms with Crippen molar-refractivity contribution in [2.75, 3.05) is 0 Å². The van der Waals surface area contributed by atoms with Crippen LogP contribution >= 0.6 is 0 Å². The molecule has 0 amide bonds.